The van der Waals surface area contributed by atoms with Crippen LogP contribution in [0.1, 0.15) is 11.1 Å². The molecule has 0 aliphatic heterocycles. The third-order valence-electron chi connectivity index (χ3n) is 2.66. The molecule has 102 valence electrons. The molecule has 2 aromatic rings. The monoisotopic (exact) mass is 298 g/mol. The first-order chi connectivity index (χ1) is 8.94. The zero-order valence-electron chi connectivity index (χ0n) is 10.5. The summed E-state index contributed by atoms with van der Waals surface area (Å²) >= 11 is 5.76. The first-order valence-electron chi connectivity index (χ1n) is 5.77. The van der Waals surface area contributed by atoms with Gasteiger partial charge in [0.15, 0.2) is 0 Å². The summed E-state index contributed by atoms with van der Waals surface area (Å²) in [5, 5.41) is 0.596. The Hall–Kier alpha value is -1.30. The van der Waals surface area contributed by atoms with Crippen molar-refractivity contribution in [1.29, 1.82) is 0 Å². The van der Waals surface area contributed by atoms with Crippen LogP contribution in [0.25, 0.3) is 0 Å². The molecule has 0 spiro atoms. The molecule has 0 amide bonds. The van der Waals surface area contributed by atoms with Gasteiger partial charge in [0.1, 0.15) is 0 Å². The minimum Gasteiger partial charge on any atom is -0.357 e. The molecule has 0 saturated carbocycles. The van der Waals surface area contributed by atoms with E-state index in [0.29, 0.717) is 17.1 Å². The Kier molecular flexibility index (Phi) is 4.29. The fourth-order valence-electron chi connectivity index (χ4n) is 1.71. The lowest BCUT2D eigenvalue weighted by Gasteiger charge is -2.06. The van der Waals surface area contributed by atoms with Crippen molar-refractivity contribution in [2.75, 3.05) is 0 Å². The van der Waals surface area contributed by atoms with Crippen LogP contribution in [0, 0.1) is 0 Å². The van der Waals surface area contributed by atoms with Crippen molar-refractivity contribution in [3.05, 3.63) is 58.9 Å². The molecular weight excluding hydrogens is 284 g/mol. The molecule has 19 heavy (non-hydrogen) atoms. The van der Waals surface area contributed by atoms with Crippen LogP contribution in [0.4, 0.5) is 0 Å². The van der Waals surface area contributed by atoms with Gasteiger partial charge in [0.05, 0.1) is 5.75 Å². The summed E-state index contributed by atoms with van der Waals surface area (Å²) in [5.41, 5.74) is 1.65. The van der Waals surface area contributed by atoms with Crippen molar-refractivity contribution in [3.8, 4) is 0 Å². The highest BCUT2D eigenvalue weighted by atomic mass is 35.5. The maximum absolute atomic E-state index is 11.9. The number of nitrogens with one attached hydrogen (secondary N) is 1. The van der Waals surface area contributed by atoms with Crippen LogP contribution >= 0.6 is 11.6 Å². The Balaban J connectivity index is 1.97. The van der Waals surface area contributed by atoms with E-state index in [1.54, 1.807) is 24.3 Å². The standard InChI is InChI=1S/C13H15ClN2O2S/c1-16-7-6-12(9-16)8-15-19(17,18)10-11-2-4-13(14)5-3-11/h2-7,9,15H,8,10H2,1H3. The number of rotatable bonds is 5. The van der Waals surface area contributed by atoms with Crippen molar-refractivity contribution in [2.24, 2.45) is 7.05 Å². The molecule has 1 heterocycles. The molecule has 0 aliphatic rings. The van der Waals surface area contributed by atoms with Crippen molar-refractivity contribution in [1.82, 2.24) is 9.29 Å². The average Bonchev–Trinajstić information content (AvgIpc) is 2.76. The van der Waals surface area contributed by atoms with E-state index in [9.17, 15) is 8.42 Å². The van der Waals surface area contributed by atoms with Crippen molar-refractivity contribution in [3.63, 3.8) is 0 Å². The smallest absolute Gasteiger partial charge is 0.216 e. The number of nitrogens with zero attached hydrogens (tertiary/aromatic N) is 1. The van der Waals surface area contributed by atoms with Gasteiger partial charge >= 0.3 is 0 Å². The molecule has 0 fully saturated rings. The fraction of sp³-hybridized carbons (Fsp3) is 0.231. The normalized spacial score (nSPS) is 11.7. The van der Waals surface area contributed by atoms with E-state index in [-0.39, 0.29) is 5.75 Å². The zero-order valence-corrected chi connectivity index (χ0v) is 12.1. The van der Waals surface area contributed by atoms with E-state index in [1.165, 1.54) is 0 Å². The van der Waals surface area contributed by atoms with Crippen molar-refractivity contribution >= 4 is 21.6 Å². The topological polar surface area (TPSA) is 51.1 Å². The summed E-state index contributed by atoms with van der Waals surface area (Å²) in [5.74, 6) is -0.0446. The minimum atomic E-state index is -3.34. The van der Waals surface area contributed by atoms with Gasteiger partial charge in [-0.15, -0.1) is 0 Å². The first-order valence-corrected chi connectivity index (χ1v) is 7.80. The van der Waals surface area contributed by atoms with Crippen LogP contribution in [-0.2, 0) is 29.4 Å². The Labute approximate surface area is 118 Å². The lowest BCUT2D eigenvalue weighted by atomic mass is 10.2. The van der Waals surface area contributed by atoms with Crippen LogP contribution < -0.4 is 4.72 Å². The highest BCUT2D eigenvalue weighted by Gasteiger charge is 2.11. The predicted octanol–water partition coefficient (Wildman–Crippen LogP) is 2.30. The summed E-state index contributed by atoms with van der Waals surface area (Å²) in [6.45, 7) is 0.302. The molecular formula is C13H15ClN2O2S. The summed E-state index contributed by atoms with van der Waals surface area (Å²) in [6.07, 6.45) is 3.76. The maximum atomic E-state index is 11.9. The van der Waals surface area contributed by atoms with Gasteiger partial charge < -0.3 is 4.57 Å². The zero-order chi connectivity index (χ0) is 13.9. The summed E-state index contributed by atoms with van der Waals surface area (Å²) in [6, 6.07) is 8.67. The molecule has 1 N–H and O–H groups in total. The van der Waals surface area contributed by atoms with Crippen LogP contribution in [0.2, 0.25) is 5.02 Å². The number of aromatic nitrogens is 1. The van der Waals surface area contributed by atoms with Crippen LogP contribution in [-0.4, -0.2) is 13.0 Å². The van der Waals surface area contributed by atoms with Gasteiger partial charge in [-0.2, -0.15) is 0 Å². The third-order valence-corrected chi connectivity index (χ3v) is 4.21. The van der Waals surface area contributed by atoms with Gasteiger partial charge in [-0.1, -0.05) is 23.7 Å². The first kappa shape index (κ1) is 14.1. The van der Waals surface area contributed by atoms with Gasteiger partial charge in [-0.25, -0.2) is 13.1 Å². The number of hydrogen-bond donors (Lipinski definition) is 1. The van der Waals surface area contributed by atoms with Crippen LogP contribution in [0.5, 0.6) is 0 Å². The lowest BCUT2D eigenvalue weighted by Crippen LogP contribution is -2.24. The van der Waals surface area contributed by atoms with E-state index < -0.39 is 10.0 Å². The Bertz CT molecular complexity index is 648. The van der Waals surface area contributed by atoms with Gasteiger partial charge in [0.25, 0.3) is 0 Å². The maximum Gasteiger partial charge on any atom is 0.216 e. The quantitative estimate of drug-likeness (QED) is 0.921. The summed E-state index contributed by atoms with van der Waals surface area (Å²) in [4.78, 5) is 0. The predicted molar refractivity (Wildman–Crippen MR) is 76.3 cm³/mol. The molecule has 0 saturated heterocycles. The van der Waals surface area contributed by atoms with Crippen LogP contribution in [0.3, 0.4) is 0 Å². The summed E-state index contributed by atoms with van der Waals surface area (Å²) in [7, 11) is -1.44. The molecule has 0 unspecified atom stereocenters. The average molecular weight is 299 g/mol. The van der Waals surface area contributed by atoms with E-state index in [2.05, 4.69) is 4.72 Å². The van der Waals surface area contributed by atoms with Gasteiger partial charge in [-0.3, -0.25) is 0 Å². The molecule has 4 nitrogen and oxygen atoms in total. The largest absolute Gasteiger partial charge is 0.357 e. The van der Waals surface area contributed by atoms with E-state index in [0.717, 1.165) is 5.56 Å². The highest BCUT2D eigenvalue weighted by molar-refractivity contribution is 7.88. The number of hydrogen-bond acceptors (Lipinski definition) is 2. The molecule has 0 aliphatic carbocycles. The SMILES string of the molecule is Cn1ccc(CNS(=O)(=O)Cc2ccc(Cl)cc2)c1. The second-order valence-electron chi connectivity index (χ2n) is 4.39. The Morgan fingerprint density at radius 1 is 1.16 bits per heavy atom. The molecule has 0 atom stereocenters. The van der Waals surface area contributed by atoms with Gasteiger partial charge in [-0.05, 0) is 29.3 Å². The molecule has 2 rings (SSSR count). The number of sulfonamides is 1. The van der Waals surface area contributed by atoms with E-state index >= 15 is 0 Å². The van der Waals surface area contributed by atoms with Gasteiger partial charge in [0, 0.05) is 31.0 Å². The second kappa shape index (κ2) is 5.77. The molecule has 1 aromatic heterocycles. The third kappa shape index (κ3) is 4.38. The van der Waals surface area contributed by atoms with E-state index in [1.807, 2.05) is 30.1 Å². The minimum absolute atomic E-state index is 0.0446. The fourth-order valence-corrected chi connectivity index (χ4v) is 2.96. The van der Waals surface area contributed by atoms with Crippen molar-refractivity contribution in [2.45, 2.75) is 12.3 Å². The second-order valence-corrected chi connectivity index (χ2v) is 6.64. The highest BCUT2D eigenvalue weighted by Crippen LogP contribution is 2.12. The van der Waals surface area contributed by atoms with Crippen molar-refractivity contribution < 1.29 is 8.42 Å². The molecule has 0 radical (unpaired) electrons. The number of aryl methyl sites for hydroxylation is 1. The molecule has 6 heteroatoms. The summed E-state index contributed by atoms with van der Waals surface area (Å²) < 4.78 is 28.3. The van der Waals surface area contributed by atoms with Crippen LogP contribution in [0.15, 0.2) is 42.7 Å². The Morgan fingerprint density at radius 3 is 2.42 bits per heavy atom. The number of halogens is 1. The number of benzene rings is 1. The Morgan fingerprint density at radius 2 is 1.84 bits per heavy atom. The molecule has 0 bridgehead atoms. The molecule has 1 aromatic carbocycles. The van der Waals surface area contributed by atoms with E-state index in [4.69, 9.17) is 11.6 Å². The van der Waals surface area contributed by atoms with Gasteiger partial charge in [0.2, 0.25) is 10.0 Å². The lowest BCUT2D eigenvalue weighted by molar-refractivity contribution is 0.580.